The standard InChI is InChI=1S/C13H19N3O4/c1-6(2)15-9(17)5-14-12(18)10-7(3)11(13(19)20)16-8(10)4/h6,16H,5H2,1-4H3,(H,14,18)(H,15,17)(H,19,20). The molecule has 1 aromatic rings. The Morgan fingerprint density at radius 2 is 1.85 bits per heavy atom. The van der Waals surface area contributed by atoms with Crippen molar-refractivity contribution in [2.75, 3.05) is 6.54 Å². The van der Waals surface area contributed by atoms with Crippen molar-refractivity contribution in [3.63, 3.8) is 0 Å². The summed E-state index contributed by atoms with van der Waals surface area (Å²) in [5.74, 6) is -1.89. The van der Waals surface area contributed by atoms with Crippen LogP contribution in [0.3, 0.4) is 0 Å². The summed E-state index contributed by atoms with van der Waals surface area (Å²) < 4.78 is 0. The van der Waals surface area contributed by atoms with E-state index in [-0.39, 0.29) is 29.8 Å². The number of H-pyrrole nitrogens is 1. The first kappa shape index (κ1) is 15.7. The van der Waals surface area contributed by atoms with Gasteiger partial charge in [-0.2, -0.15) is 0 Å². The smallest absolute Gasteiger partial charge is 0.352 e. The van der Waals surface area contributed by atoms with Crippen molar-refractivity contribution in [3.05, 3.63) is 22.5 Å². The van der Waals surface area contributed by atoms with Crippen molar-refractivity contribution in [1.29, 1.82) is 0 Å². The van der Waals surface area contributed by atoms with E-state index < -0.39 is 11.9 Å². The summed E-state index contributed by atoms with van der Waals surface area (Å²) in [6.45, 7) is 6.65. The predicted octanol–water partition coefficient (Wildman–Crippen LogP) is 0.584. The minimum Gasteiger partial charge on any atom is -0.477 e. The normalized spacial score (nSPS) is 10.4. The molecule has 4 N–H and O–H groups in total. The Labute approximate surface area is 116 Å². The second-order valence-electron chi connectivity index (χ2n) is 4.84. The highest BCUT2D eigenvalue weighted by Crippen LogP contribution is 2.17. The van der Waals surface area contributed by atoms with Crippen molar-refractivity contribution in [3.8, 4) is 0 Å². The molecule has 0 spiro atoms. The van der Waals surface area contributed by atoms with Gasteiger partial charge < -0.3 is 20.7 Å². The van der Waals surface area contributed by atoms with E-state index in [2.05, 4.69) is 15.6 Å². The molecule has 0 aromatic carbocycles. The van der Waals surface area contributed by atoms with Crippen molar-refractivity contribution in [1.82, 2.24) is 15.6 Å². The van der Waals surface area contributed by atoms with E-state index in [4.69, 9.17) is 5.11 Å². The minimum atomic E-state index is -1.12. The van der Waals surface area contributed by atoms with Crippen molar-refractivity contribution < 1.29 is 19.5 Å². The number of aromatic carboxylic acids is 1. The Kier molecular flexibility index (Phi) is 4.90. The quantitative estimate of drug-likeness (QED) is 0.632. The van der Waals surface area contributed by atoms with E-state index in [0.717, 1.165) is 0 Å². The fourth-order valence-corrected chi connectivity index (χ4v) is 1.93. The third kappa shape index (κ3) is 3.59. The van der Waals surface area contributed by atoms with Gasteiger partial charge in [-0.05, 0) is 33.3 Å². The molecule has 2 amide bonds. The summed E-state index contributed by atoms with van der Waals surface area (Å²) in [5.41, 5.74) is 1.07. The zero-order chi connectivity index (χ0) is 15.4. The van der Waals surface area contributed by atoms with Gasteiger partial charge in [0.2, 0.25) is 5.91 Å². The Morgan fingerprint density at radius 1 is 1.25 bits per heavy atom. The molecule has 7 heteroatoms. The number of rotatable bonds is 5. The average molecular weight is 281 g/mol. The molecule has 0 aliphatic rings. The van der Waals surface area contributed by atoms with Gasteiger partial charge in [-0.25, -0.2) is 4.79 Å². The molecule has 20 heavy (non-hydrogen) atoms. The highest BCUT2D eigenvalue weighted by Gasteiger charge is 2.21. The summed E-state index contributed by atoms with van der Waals surface area (Å²) in [6.07, 6.45) is 0. The summed E-state index contributed by atoms with van der Waals surface area (Å²) >= 11 is 0. The number of hydrogen-bond donors (Lipinski definition) is 4. The molecule has 0 aliphatic carbocycles. The average Bonchev–Trinajstić information content (AvgIpc) is 2.61. The van der Waals surface area contributed by atoms with E-state index in [9.17, 15) is 14.4 Å². The minimum absolute atomic E-state index is 0.00579. The SMILES string of the molecule is Cc1[nH]c(C(=O)O)c(C)c1C(=O)NCC(=O)NC(C)C. The number of carbonyl (C=O) groups excluding carboxylic acids is 2. The molecule has 0 fully saturated rings. The monoisotopic (exact) mass is 281 g/mol. The van der Waals surface area contributed by atoms with Gasteiger partial charge in [0.05, 0.1) is 12.1 Å². The lowest BCUT2D eigenvalue weighted by Crippen LogP contribution is -2.40. The molecule has 0 unspecified atom stereocenters. The van der Waals surface area contributed by atoms with Crippen molar-refractivity contribution in [2.24, 2.45) is 0 Å². The third-order valence-electron chi connectivity index (χ3n) is 2.74. The zero-order valence-electron chi connectivity index (χ0n) is 12.0. The largest absolute Gasteiger partial charge is 0.477 e. The van der Waals surface area contributed by atoms with Crippen LogP contribution in [0, 0.1) is 13.8 Å². The van der Waals surface area contributed by atoms with Crippen LogP contribution in [0.25, 0.3) is 0 Å². The van der Waals surface area contributed by atoms with Crippen LogP contribution in [0.5, 0.6) is 0 Å². The molecule has 1 rings (SSSR count). The molecule has 0 atom stereocenters. The number of carboxylic acid groups (broad SMARTS) is 1. The Hall–Kier alpha value is -2.31. The molecule has 0 saturated heterocycles. The van der Waals surface area contributed by atoms with Gasteiger partial charge >= 0.3 is 5.97 Å². The number of carboxylic acids is 1. The second-order valence-corrected chi connectivity index (χ2v) is 4.84. The van der Waals surface area contributed by atoms with Gasteiger partial charge in [0.15, 0.2) is 0 Å². The molecule has 1 heterocycles. The first-order valence-electron chi connectivity index (χ1n) is 6.24. The summed E-state index contributed by atoms with van der Waals surface area (Å²) in [4.78, 5) is 37.1. The van der Waals surface area contributed by atoms with Gasteiger partial charge in [-0.15, -0.1) is 0 Å². The number of nitrogens with one attached hydrogen (secondary N) is 3. The van der Waals surface area contributed by atoms with Crippen molar-refractivity contribution in [2.45, 2.75) is 33.7 Å². The maximum absolute atomic E-state index is 12.0. The number of aromatic nitrogens is 1. The molecular formula is C13H19N3O4. The van der Waals surface area contributed by atoms with Crippen LogP contribution < -0.4 is 10.6 Å². The summed E-state index contributed by atoms with van der Waals surface area (Å²) in [6, 6.07) is -0.00579. The van der Waals surface area contributed by atoms with Crippen LogP contribution in [0.2, 0.25) is 0 Å². The van der Waals surface area contributed by atoms with Gasteiger partial charge in [0.1, 0.15) is 5.69 Å². The molecular weight excluding hydrogens is 262 g/mol. The Morgan fingerprint density at radius 3 is 2.30 bits per heavy atom. The second kappa shape index (κ2) is 6.23. The van der Waals surface area contributed by atoms with Crippen LogP contribution in [-0.2, 0) is 4.79 Å². The molecule has 0 saturated carbocycles. The van der Waals surface area contributed by atoms with Crippen LogP contribution in [-0.4, -0.2) is 40.5 Å². The third-order valence-corrected chi connectivity index (χ3v) is 2.74. The van der Waals surface area contributed by atoms with Gasteiger partial charge in [0, 0.05) is 11.7 Å². The number of amides is 2. The van der Waals surface area contributed by atoms with Crippen LogP contribution >= 0.6 is 0 Å². The maximum Gasteiger partial charge on any atom is 0.352 e. The van der Waals surface area contributed by atoms with Gasteiger partial charge in [-0.3, -0.25) is 9.59 Å². The molecule has 0 bridgehead atoms. The Bertz CT molecular complexity index is 546. The Balaban J connectivity index is 2.79. The van der Waals surface area contributed by atoms with E-state index in [1.54, 1.807) is 13.8 Å². The van der Waals surface area contributed by atoms with Gasteiger partial charge in [-0.1, -0.05) is 0 Å². The van der Waals surface area contributed by atoms with Crippen LogP contribution in [0.4, 0.5) is 0 Å². The van der Waals surface area contributed by atoms with E-state index >= 15 is 0 Å². The molecule has 0 radical (unpaired) electrons. The lowest BCUT2D eigenvalue weighted by Gasteiger charge is -2.09. The maximum atomic E-state index is 12.0. The fourth-order valence-electron chi connectivity index (χ4n) is 1.93. The van der Waals surface area contributed by atoms with Gasteiger partial charge in [0.25, 0.3) is 5.91 Å². The van der Waals surface area contributed by atoms with Crippen LogP contribution in [0.15, 0.2) is 0 Å². The molecule has 110 valence electrons. The van der Waals surface area contributed by atoms with E-state index in [0.29, 0.717) is 11.3 Å². The number of aromatic amines is 1. The predicted molar refractivity (Wildman–Crippen MR) is 72.8 cm³/mol. The molecule has 0 aliphatic heterocycles. The number of carbonyl (C=O) groups is 3. The lowest BCUT2D eigenvalue weighted by atomic mass is 10.1. The number of aryl methyl sites for hydroxylation is 1. The first-order chi connectivity index (χ1) is 9.23. The van der Waals surface area contributed by atoms with E-state index in [1.165, 1.54) is 0 Å². The van der Waals surface area contributed by atoms with Crippen LogP contribution in [0.1, 0.15) is 46.0 Å². The summed E-state index contributed by atoms with van der Waals surface area (Å²) in [5, 5.41) is 14.1. The lowest BCUT2D eigenvalue weighted by molar-refractivity contribution is -0.120. The van der Waals surface area contributed by atoms with Crippen molar-refractivity contribution >= 4 is 17.8 Å². The first-order valence-corrected chi connectivity index (χ1v) is 6.24. The molecule has 7 nitrogen and oxygen atoms in total. The highest BCUT2D eigenvalue weighted by molar-refractivity contribution is 6.01. The highest BCUT2D eigenvalue weighted by atomic mass is 16.4. The van der Waals surface area contributed by atoms with E-state index in [1.807, 2.05) is 13.8 Å². The molecule has 1 aromatic heterocycles. The zero-order valence-corrected chi connectivity index (χ0v) is 12.0. The topological polar surface area (TPSA) is 111 Å². The number of hydrogen-bond acceptors (Lipinski definition) is 3. The fraction of sp³-hybridized carbons (Fsp3) is 0.462. The summed E-state index contributed by atoms with van der Waals surface area (Å²) in [7, 11) is 0.